The number of piperidine rings is 1. The molecule has 0 unspecified atom stereocenters. The Morgan fingerprint density at radius 2 is 2.00 bits per heavy atom. The van der Waals surface area contributed by atoms with Gasteiger partial charge < -0.3 is 24.7 Å². The van der Waals surface area contributed by atoms with E-state index in [4.69, 9.17) is 20.8 Å². The van der Waals surface area contributed by atoms with Crippen LogP contribution >= 0.6 is 11.6 Å². The monoisotopic (exact) mass is 441 g/mol. The van der Waals surface area contributed by atoms with Gasteiger partial charge in [-0.15, -0.1) is 20.4 Å². The van der Waals surface area contributed by atoms with E-state index in [2.05, 4.69) is 35.9 Å². The standard InChI is InChI=1S/C21H24ClN7O2/c1-30-18-3-2-15(22)10-14(18)12-29-9-8-24-19-17(29)11-16(25-26-19)21-28-27-20(31-21)13-4-6-23-7-5-13/h2-3,10-11,13,23H,4-9,12H2,1H3,(H,24,26). The fourth-order valence-electron chi connectivity index (χ4n) is 4.10. The van der Waals surface area contributed by atoms with Gasteiger partial charge in [-0.2, -0.15) is 0 Å². The normalized spacial score (nSPS) is 16.6. The van der Waals surface area contributed by atoms with Crippen molar-refractivity contribution in [1.29, 1.82) is 0 Å². The average molecular weight is 442 g/mol. The van der Waals surface area contributed by atoms with E-state index in [1.54, 1.807) is 7.11 Å². The number of fused-ring (bicyclic) bond motifs is 1. The Morgan fingerprint density at radius 1 is 1.13 bits per heavy atom. The molecule has 3 aromatic rings. The molecule has 0 amide bonds. The van der Waals surface area contributed by atoms with Crippen molar-refractivity contribution in [3.05, 3.63) is 40.7 Å². The predicted octanol–water partition coefficient (Wildman–Crippen LogP) is 3.09. The van der Waals surface area contributed by atoms with Gasteiger partial charge in [-0.1, -0.05) is 11.6 Å². The van der Waals surface area contributed by atoms with Gasteiger partial charge in [0.2, 0.25) is 5.89 Å². The van der Waals surface area contributed by atoms with E-state index < -0.39 is 0 Å². The highest BCUT2D eigenvalue weighted by Crippen LogP contribution is 2.34. The Labute approximate surface area is 185 Å². The number of aromatic nitrogens is 4. The maximum Gasteiger partial charge on any atom is 0.268 e. The van der Waals surface area contributed by atoms with Crippen LogP contribution in [0, 0.1) is 0 Å². The molecule has 2 aromatic heterocycles. The summed E-state index contributed by atoms with van der Waals surface area (Å²) in [6, 6.07) is 7.60. The minimum absolute atomic E-state index is 0.293. The van der Waals surface area contributed by atoms with Crippen LogP contribution in [-0.2, 0) is 6.54 Å². The van der Waals surface area contributed by atoms with Crippen molar-refractivity contribution in [3.8, 4) is 17.3 Å². The summed E-state index contributed by atoms with van der Waals surface area (Å²) in [6.07, 6.45) is 1.99. The highest BCUT2D eigenvalue weighted by Gasteiger charge is 2.25. The molecule has 2 aliphatic rings. The molecule has 1 saturated heterocycles. The fraction of sp³-hybridized carbons (Fsp3) is 0.429. The van der Waals surface area contributed by atoms with Gasteiger partial charge in [0, 0.05) is 36.1 Å². The van der Waals surface area contributed by atoms with Crippen molar-refractivity contribution in [2.24, 2.45) is 0 Å². The number of hydrogen-bond acceptors (Lipinski definition) is 9. The molecular formula is C21H24ClN7O2. The maximum absolute atomic E-state index is 6.22. The van der Waals surface area contributed by atoms with Gasteiger partial charge in [-0.05, 0) is 50.2 Å². The number of ether oxygens (including phenoxy) is 1. The second-order valence-corrected chi connectivity index (χ2v) is 8.17. The molecule has 0 aliphatic carbocycles. The van der Waals surface area contributed by atoms with Crippen LogP contribution in [0.2, 0.25) is 5.02 Å². The lowest BCUT2D eigenvalue weighted by atomic mass is 9.98. The topological polar surface area (TPSA) is 101 Å². The molecule has 1 fully saturated rings. The molecule has 0 atom stereocenters. The van der Waals surface area contributed by atoms with Gasteiger partial charge in [-0.3, -0.25) is 0 Å². The Bertz CT molecular complexity index is 1070. The third-order valence-corrected chi connectivity index (χ3v) is 5.98. The first-order valence-corrected chi connectivity index (χ1v) is 10.8. The Balaban J connectivity index is 1.43. The van der Waals surface area contributed by atoms with Crippen LogP contribution in [0.15, 0.2) is 28.7 Å². The quantitative estimate of drug-likeness (QED) is 0.618. The molecule has 2 N–H and O–H groups in total. The number of rotatable bonds is 5. The van der Waals surface area contributed by atoms with Crippen LogP contribution < -0.4 is 20.3 Å². The van der Waals surface area contributed by atoms with E-state index in [0.717, 1.165) is 61.8 Å². The summed E-state index contributed by atoms with van der Waals surface area (Å²) in [5, 5.41) is 24.5. The van der Waals surface area contributed by atoms with Gasteiger partial charge in [0.25, 0.3) is 5.89 Å². The lowest BCUT2D eigenvalue weighted by molar-refractivity contribution is 0.378. The number of nitrogens with zero attached hydrogens (tertiary/aromatic N) is 5. The summed E-state index contributed by atoms with van der Waals surface area (Å²) in [5.74, 6) is 2.90. The molecule has 31 heavy (non-hydrogen) atoms. The molecule has 1 aromatic carbocycles. The summed E-state index contributed by atoms with van der Waals surface area (Å²) in [4.78, 5) is 2.22. The van der Waals surface area contributed by atoms with Crippen molar-refractivity contribution in [3.63, 3.8) is 0 Å². The number of methoxy groups -OCH3 is 1. The smallest absolute Gasteiger partial charge is 0.268 e. The van der Waals surface area contributed by atoms with E-state index in [-0.39, 0.29) is 0 Å². The highest BCUT2D eigenvalue weighted by atomic mass is 35.5. The van der Waals surface area contributed by atoms with E-state index in [1.165, 1.54) is 0 Å². The number of halogens is 1. The fourth-order valence-corrected chi connectivity index (χ4v) is 4.29. The van der Waals surface area contributed by atoms with Crippen molar-refractivity contribution in [2.45, 2.75) is 25.3 Å². The lowest BCUT2D eigenvalue weighted by Crippen LogP contribution is -2.34. The third kappa shape index (κ3) is 4.15. The summed E-state index contributed by atoms with van der Waals surface area (Å²) >= 11 is 6.22. The molecule has 162 valence electrons. The highest BCUT2D eigenvalue weighted by molar-refractivity contribution is 6.30. The van der Waals surface area contributed by atoms with E-state index in [1.807, 2.05) is 24.3 Å². The van der Waals surface area contributed by atoms with Crippen molar-refractivity contribution < 1.29 is 9.15 Å². The first-order chi connectivity index (χ1) is 15.2. The van der Waals surface area contributed by atoms with Gasteiger partial charge in [0.15, 0.2) is 11.5 Å². The van der Waals surface area contributed by atoms with Gasteiger partial charge in [0.05, 0.1) is 12.8 Å². The third-order valence-electron chi connectivity index (χ3n) is 5.74. The van der Waals surface area contributed by atoms with Crippen molar-refractivity contribution in [1.82, 2.24) is 25.7 Å². The van der Waals surface area contributed by atoms with Crippen molar-refractivity contribution in [2.75, 3.05) is 43.5 Å². The average Bonchev–Trinajstić information content (AvgIpc) is 3.30. The zero-order valence-electron chi connectivity index (χ0n) is 17.3. The molecular weight excluding hydrogens is 418 g/mol. The van der Waals surface area contributed by atoms with Crippen LogP contribution in [-0.4, -0.2) is 53.7 Å². The molecule has 0 saturated carbocycles. The summed E-state index contributed by atoms with van der Waals surface area (Å²) < 4.78 is 11.5. The van der Waals surface area contributed by atoms with Gasteiger partial charge in [-0.25, -0.2) is 0 Å². The van der Waals surface area contributed by atoms with Gasteiger partial charge >= 0.3 is 0 Å². The second kappa shape index (κ2) is 8.68. The molecule has 0 spiro atoms. The SMILES string of the molecule is COc1ccc(Cl)cc1CN1CCNc2nnc(-c3nnc(C4CCNCC4)o3)cc21. The number of nitrogens with one attached hydrogen (secondary N) is 2. The second-order valence-electron chi connectivity index (χ2n) is 7.74. The summed E-state index contributed by atoms with van der Waals surface area (Å²) in [6.45, 7) is 4.14. The predicted molar refractivity (Wildman–Crippen MR) is 118 cm³/mol. The molecule has 2 aliphatic heterocycles. The lowest BCUT2D eigenvalue weighted by Gasteiger charge is -2.31. The van der Waals surface area contributed by atoms with E-state index >= 15 is 0 Å². The number of benzene rings is 1. The molecule has 10 heteroatoms. The molecule has 0 radical (unpaired) electrons. The Kier molecular flexibility index (Phi) is 5.61. The molecule has 9 nitrogen and oxygen atoms in total. The molecule has 0 bridgehead atoms. The van der Waals surface area contributed by atoms with Crippen molar-refractivity contribution >= 4 is 23.1 Å². The summed E-state index contributed by atoms with van der Waals surface area (Å²) in [5.41, 5.74) is 2.50. The summed E-state index contributed by atoms with van der Waals surface area (Å²) in [7, 11) is 1.66. The minimum Gasteiger partial charge on any atom is -0.496 e. The van der Waals surface area contributed by atoms with Gasteiger partial charge in [0.1, 0.15) is 5.75 Å². The first kappa shape index (κ1) is 20.0. The minimum atomic E-state index is 0.293. The van der Waals surface area contributed by atoms with Crippen LogP contribution in [0.3, 0.4) is 0 Å². The van der Waals surface area contributed by atoms with Crippen LogP contribution in [0.25, 0.3) is 11.6 Å². The zero-order chi connectivity index (χ0) is 21.2. The van der Waals surface area contributed by atoms with Crippen LogP contribution in [0.4, 0.5) is 11.5 Å². The zero-order valence-corrected chi connectivity index (χ0v) is 18.0. The first-order valence-electron chi connectivity index (χ1n) is 10.4. The van der Waals surface area contributed by atoms with Crippen LogP contribution in [0.5, 0.6) is 5.75 Å². The number of hydrogen-bond donors (Lipinski definition) is 2. The largest absolute Gasteiger partial charge is 0.496 e. The Hall–Kier alpha value is -2.91. The van der Waals surface area contributed by atoms with Crippen LogP contribution in [0.1, 0.15) is 30.2 Å². The molecule has 5 rings (SSSR count). The molecule has 4 heterocycles. The Morgan fingerprint density at radius 3 is 2.84 bits per heavy atom. The van der Waals surface area contributed by atoms with E-state index in [0.29, 0.717) is 35.0 Å². The van der Waals surface area contributed by atoms with E-state index in [9.17, 15) is 0 Å². The maximum atomic E-state index is 6.22. The number of anilines is 2.